The summed E-state index contributed by atoms with van der Waals surface area (Å²) in [4.78, 5) is 25.2. The Morgan fingerprint density at radius 1 is 0.775 bits per heavy atom. The fourth-order valence-corrected chi connectivity index (χ4v) is 4.75. The highest BCUT2D eigenvalue weighted by Gasteiger charge is 2.43. The van der Waals surface area contributed by atoms with Gasteiger partial charge in [0.15, 0.2) is 0 Å². The maximum atomic E-state index is 12.6. The third-order valence-electron chi connectivity index (χ3n) is 6.66. The van der Waals surface area contributed by atoms with Crippen LogP contribution in [0.15, 0.2) is 54.6 Å². The second-order valence-electron chi connectivity index (χ2n) is 9.15. The molecule has 4 rings (SSSR count). The number of carbonyl (C=O) groups excluding carboxylic acids is 2. The lowest BCUT2D eigenvalue weighted by molar-refractivity contribution is -0.231. The summed E-state index contributed by atoms with van der Waals surface area (Å²) in [5.74, 6) is -1.04. The topological polar surface area (TPSA) is 143 Å². The predicted octanol–water partition coefficient (Wildman–Crippen LogP) is 3.28. The second-order valence-corrected chi connectivity index (χ2v) is 9.15. The molecule has 0 bridgehead atoms. The van der Waals surface area contributed by atoms with Crippen LogP contribution in [0.3, 0.4) is 0 Å². The fraction of sp³-hybridized carbons (Fsp3) is 0.419. The van der Waals surface area contributed by atoms with Crippen molar-refractivity contribution in [2.24, 2.45) is 0 Å². The van der Waals surface area contributed by atoms with E-state index in [0.717, 1.165) is 11.1 Å². The lowest BCUT2D eigenvalue weighted by Crippen LogP contribution is -2.55. The molecule has 0 amide bonds. The van der Waals surface area contributed by atoms with Crippen molar-refractivity contribution >= 4 is 11.9 Å². The number of benzene rings is 1. The first kappa shape index (κ1) is 31.2. The third-order valence-corrected chi connectivity index (χ3v) is 6.66. The highest BCUT2D eigenvalue weighted by Crippen LogP contribution is 2.35. The van der Waals surface area contributed by atoms with Crippen LogP contribution in [0, 0.1) is 0 Å². The molecule has 0 spiro atoms. The molecule has 0 unspecified atom stereocenters. The van der Waals surface area contributed by atoms with Gasteiger partial charge in [-0.15, -0.1) is 0 Å². The Kier molecular flexibility index (Phi) is 11.2. The quantitative estimate of drug-likeness (QED) is 0.309. The van der Waals surface area contributed by atoms with Crippen LogP contribution in [0.5, 0.6) is 0 Å². The van der Waals surface area contributed by atoms with Gasteiger partial charge in [0.2, 0.25) is 0 Å². The van der Waals surface area contributed by atoms with Crippen molar-refractivity contribution < 1.29 is 44.2 Å². The van der Waals surface area contributed by atoms with Gasteiger partial charge in [-0.25, -0.2) is 9.59 Å². The molecule has 3 aliphatic rings. The van der Waals surface area contributed by atoms with Gasteiger partial charge >= 0.3 is 11.9 Å². The minimum absolute atomic E-state index is 0.204. The highest BCUT2D eigenvalue weighted by atomic mass is 16.5. The molecule has 4 N–H and O–H groups in total. The maximum absolute atomic E-state index is 12.6. The summed E-state index contributed by atoms with van der Waals surface area (Å²) in [5.41, 5.74) is 4.08. The molecule has 2 aliphatic carbocycles. The Morgan fingerprint density at radius 2 is 1.35 bits per heavy atom. The number of ether oxygens (including phenoxy) is 3. The minimum Gasteiger partial charge on any atom is -0.462 e. The van der Waals surface area contributed by atoms with E-state index in [0.29, 0.717) is 23.1 Å². The Labute approximate surface area is 234 Å². The fourth-order valence-electron chi connectivity index (χ4n) is 4.75. The second kappa shape index (κ2) is 14.3. The van der Waals surface area contributed by atoms with Crippen LogP contribution in [-0.2, 0) is 20.6 Å². The summed E-state index contributed by atoms with van der Waals surface area (Å²) in [5, 5.41) is 40.2. The number of rotatable bonds is 8. The normalized spacial score (nSPS) is 22.2. The summed E-state index contributed by atoms with van der Waals surface area (Å²) in [6.45, 7) is 7.33. The van der Waals surface area contributed by atoms with E-state index in [9.17, 15) is 30.0 Å². The number of aliphatic hydroxyl groups excluding tert-OH is 4. The van der Waals surface area contributed by atoms with Gasteiger partial charge < -0.3 is 34.6 Å². The van der Waals surface area contributed by atoms with E-state index in [2.05, 4.69) is 0 Å². The van der Waals surface area contributed by atoms with Crippen molar-refractivity contribution in [3.8, 4) is 11.1 Å². The first-order valence-electron chi connectivity index (χ1n) is 13.6. The van der Waals surface area contributed by atoms with Gasteiger partial charge in [0.1, 0.15) is 30.5 Å². The van der Waals surface area contributed by atoms with Crippen LogP contribution in [0.25, 0.3) is 11.1 Å². The van der Waals surface area contributed by atoms with E-state index >= 15 is 0 Å². The molecular weight excluding hydrogens is 516 g/mol. The van der Waals surface area contributed by atoms with Crippen molar-refractivity contribution in [2.45, 2.75) is 64.6 Å². The Bertz CT molecular complexity index is 1200. The monoisotopic (exact) mass is 554 g/mol. The highest BCUT2D eigenvalue weighted by molar-refractivity contribution is 6.08. The van der Waals surface area contributed by atoms with E-state index in [1.807, 2.05) is 38.1 Å². The largest absolute Gasteiger partial charge is 0.462 e. The van der Waals surface area contributed by atoms with Crippen LogP contribution in [0.4, 0.5) is 0 Å². The molecule has 0 aromatic heterocycles. The minimum atomic E-state index is -1.46. The standard InChI is InChI=1S/C29H32O9.C2H6/c1-3-36-28(34)21-14-22(29(35)37-4-2)20-11-9-16(8-10-19(20)21)12-17-6-5-7-18(13-17)27-26(33)25(32)24(31)23(15-30)38-27;1-2/h5-11,13-14,23-27,30-33H,3-4,12,15H2,1-2H3;1-2H3/t23-,24-,25+,26-,27+;/m1./s1. The van der Waals surface area contributed by atoms with Gasteiger partial charge in [-0.1, -0.05) is 62.4 Å². The van der Waals surface area contributed by atoms with Crippen LogP contribution in [0.2, 0.25) is 0 Å². The molecular formula is C31H38O9. The number of esters is 2. The Hall–Kier alpha value is -3.34. The van der Waals surface area contributed by atoms with E-state index < -0.39 is 49.1 Å². The predicted molar refractivity (Wildman–Crippen MR) is 148 cm³/mol. The Balaban J connectivity index is 0.00000216. The van der Waals surface area contributed by atoms with Crippen molar-refractivity contribution in [3.63, 3.8) is 0 Å². The molecule has 1 fully saturated rings. The molecule has 1 aliphatic heterocycles. The average Bonchev–Trinajstić information content (AvgIpc) is 3.21. The van der Waals surface area contributed by atoms with E-state index in [-0.39, 0.29) is 24.3 Å². The summed E-state index contributed by atoms with van der Waals surface area (Å²) >= 11 is 0. The third kappa shape index (κ3) is 6.68. The number of fused-ring (bicyclic) bond motifs is 1. The summed E-state index contributed by atoms with van der Waals surface area (Å²) in [6, 6.07) is 16.0. The van der Waals surface area contributed by atoms with Crippen molar-refractivity contribution in [2.75, 3.05) is 19.8 Å². The number of carbonyl (C=O) groups is 2. The number of hydrogen-bond acceptors (Lipinski definition) is 9. The molecule has 9 heteroatoms. The smallest absolute Gasteiger partial charge is 0.338 e. The van der Waals surface area contributed by atoms with Crippen molar-refractivity contribution in [1.29, 1.82) is 0 Å². The molecule has 1 heterocycles. The first-order valence-corrected chi connectivity index (χ1v) is 13.6. The zero-order valence-corrected chi connectivity index (χ0v) is 23.2. The molecule has 1 aromatic rings. The van der Waals surface area contributed by atoms with Gasteiger partial charge in [0.25, 0.3) is 0 Å². The number of hydrogen-bond donors (Lipinski definition) is 4. The molecule has 0 radical (unpaired) electrons. The molecule has 9 nitrogen and oxygen atoms in total. The maximum Gasteiger partial charge on any atom is 0.338 e. The SMILES string of the molecule is CC.CCOC(=O)c1cc(C(=O)OCC)c2ccc(Cc3cccc([C@@H]4O[C@H](CO)[C@@H](O)[C@H](O)[C@H]4O)c3)ccc1-2. The molecule has 5 atom stereocenters. The van der Waals surface area contributed by atoms with Gasteiger partial charge in [0.05, 0.1) is 30.9 Å². The summed E-state index contributed by atoms with van der Waals surface area (Å²) in [7, 11) is 0. The molecule has 1 saturated heterocycles. The van der Waals surface area contributed by atoms with Gasteiger partial charge in [-0.05, 0) is 54.2 Å². The van der Waals surface area contributed by atoms with Crippen molar-refractivity contribution in [3.05, 3.63) is 82.4 Å². The van der Waals surface area contributed by atoms with Crippen LogP contribution in [0.1, 0.15) is 71.2 Å². The lowest BCUT2D eigenvalue weighted by atomic mass is 9.90. The van der Waals surface area contributed by atoms with E-state index in [4.69, 9.17) is 14.2 Å². The summed E-state index contributed by atoms with van der Waals surface area (Å²) < 4.78 is 16.1. The number of aliphatic hydroxyl groups is 4. The lowest BCUT2D eigenvalue weighted by Gasteiger charge is -2.40. The average molecular weight is 555 g/mol. The summed E-state index contributed by atoms with van der Waals surface area (Å²) in [6.07, 6.45) is -5.71. The van der Waals surface area contributed by atoms with Crippen LogP contribution in [-0.4, -0.2) is 76.6 Å². The molecule has 0 saturated carbocycles. The first-order chi connectivity index (χ1) is 19.3. The van der Waals surface area contributed by atoms with Crippen molar-refractivity contribution in [1.82, 2.24) is 0 Å². The van der Waals surface area contributed by atoms with Crippen LogP contribution < -0.4 is 0 Å². The molecule has 40 heavy (non-hydrogen) atoms. The van der Waals surface area contributed by atoms with Crippen LogP contribution >= 0.6 is 0 Å². The molecule has 1 aromatic carbocycles. The van der Waals surface area contributed by atoms with E-state index in [1.54, 1.807) is 38.1 Å². The molecule has 216 valence electrons. The van der Waals surface area contributed by atoms with Gasteiger partial charge in [-0.3, -0.25) is 0 Å². The zero-order chi connectivity index (χ0) is 29.4. The Morgan fingerprint density at radius 3 is 1.88 bits per heavy atom. The van der Waals surface area contributed by atoms with Gasteiger partial charge in [0, 0.05) is 0 Å². The van der Waals surface area contributed by atoms with Gasteiger partial charge in [-0.2, -0.15) is 0 Å². The zero-order valence-electron chi connectivity index (χ0n) is 23.2. The van der Waals surface area contributed by atoms with E-state index in [1.165, 1.54) is 6.07 Å².